The van der Waals surface area contributed by atoms with Crippen LogP contribution in [0.1, 0.15) is 20.8 Å². The Morgan fingerprint density at radius 1 is 1.38 bits per heavy atom. The summed E-state index contributed by atoms with van der Waals surface area (Å²) in [6.45, 7) is 9.13. The number of nitrogens with zero attached hydrogens (tertiary/aromatic N) is 1. The van der Waals surface area contributed by atoms with Crippen LogP contribution in [0.4, 0.5) is 0 Å². The van der Waals surface area contributed by atoms with E-state index in [2.05, 4.69) is 18.7 Å². The Morgan fingerprint density at radius 2 is 1.92 bits per heavy atom. The van der Waals surface area contributed by atoms with Crippen molar-refractivity contribution in [2.24, 2.45) is 5.73 Å². The van der Waals surface area contributed by atoms with Gasteiger partial charge in [-0.1, -0.05) is 13.8 Å². The molecule has 2 N–H and O–H groups in total. The predicted molar refractivity (Wildman–Crippen MR) is 59.3 cm³/mol. The smallest absolute Gasteiger partial charge is 0.0384 e. The van der Waals surface area contributed by atoms with E-state index in [4.69, 9.17) is 5.73 Å². The Morgan fingerprint density at radius 3 is 2.31 bits per heavy atom. The minimum absolute atomic E-state index is 0.0533. The van der Waals surface area contributed by atoms with Crippen LogP contribution in [0.3, 0.4) is 0 Å². The Bertz CT molecular complexity index is 147. The van der Waals surface area contributed by atoms with Gasteiger partial charge in [0.1, 0.15) is 0 Å². The third kappa shape index (κ3) is 7.16. The number of hydrogen-bond donors (Lipinski definition) is 1. The van der Waals surface area contributed by atoms with E-state index in [1.165, 1.54) is 0 Å². The minimum Gasteiger partial charge on any atom is -0.327 e. The van der Waals surface area contributed by atoms with Gasteiger partial charge in [0.05, 0.1) is 0 Å². The largest absolute Gasteiger partial charge is 0.327 e. The molecule has 0 aromatic heterocycles. The van der Waals surface area contributed by atoms with Crippen LogP contribution < -0.4 is 5.73 Å². The fourth-order valence-electron chi connectivity index (χ4n) is 1.15. The highest BCUT2D eigenvalue weighted by Gasteiger charge is 2.05. The number of hydrogen-bond acceptors (Lipinski definition) is 3. The summed E-state index contributed by atoms with van der Waals surface area (Å²) in [6, 6.07) is 0.0533. The molecule has 0 aliphatic rings. The molecule has 2 atom stereocenters. The van der Waals surface area contributed by atoms with Crippen molar-refractivity contribution in [2.45, 2.75) is 26.8 Å². The van der Waals surface area contributed by atoms with Crippen molar-refractivity contribution < 1.29 is 4.21 Å². The molecule has 0 rings (SSSR count). The van der Waals surface area contributed by atoms with Crippen LogP contribution in [-0.2, 0) is 10.8 Å². The first-order valence-corrected chi connectivity index (χ1v) is 6.41. The first-order chi connectivity index (χ1) is 6.10. The molecule has 0 bridgehead atoms. The molecule has 4 heteroatoms. The molecule has 0 fully saturated rings. The molecule has 0 saturated carbocycles. The Labute approximate surface area is 84.1 Å². The molecule has 80 valence electrons. The lowest BCUT2D eigenvalue weighted by Gasteiger charge is -2.17. The Balaban J connectivity index is 3.56. The van der Waals surface area contributed by atoms with Gasteiger partial charge in [0.25, 0.3) is 0 Å². The standard InChI is InChI=1S/C9H22N2OS/c1-4-11(5-2)6-7-13(12)8-9(3)10/h9H,4-8,10H2,1-3H3. The van der Waals surface area contributed by atoms with Crippen LogP contribution in [0.15, 0.2) is 0 Å². The minimum atomic E-state index is -0.741. The van der Waals surface area contributed by atoms with Crippen molar-refractivity contribution in [1.29, 1.82) is 0 Å². The van der Waals surface area contributed by atoms with Crippen molar-refractivity contribution in [2.75, 3.05) is 31.1 Å². The second-order valence-electron chi connectivity index (χ2n) is 3.31. The zero-order valence-electron chi connectivity index (χ0n) is 8.95. The fourth-order valence-corrected chi connectivity index (χ4v) is 2.36. The second kappa shape index (κ2) is 7.47. The summed E-state index contributed by atoms with van der Waals surface area (Å²) in [5.74, 6) is 1.38. The van der Waals surface area contributed by atoms with Gasteiger partial charge in [-0.05, 0) is 20.0 Å². The maximum Gasteiger partial charge on any atom is 0.0384 e. The summed E-state index contributed by atoms with van der Waals surface area (Å²) in [5, 5.41) is 0. The third-order valence-corrected chi connectivity index (χ3v) is 3.51. The van der Waals surface area contributed by atoms with E-state index in [1.54, 1.807) is 0 Å². The predicted octanol–water partition coefficient (Wildman–Crippen LogP) is 0.424. The molecule has 0 radical (unpaired) electrons. The van der Waals surface area contributed by atoms with Gasteiger partial charge in [0, 0.05) is 34.9 Å². The van der Waals surface area contributed by atoms with Gasteiger partial charge < -0.3 is 10.6 Å². The molecule has 13 heavy (non-hydrogen) atoms. The van der Waals surface area contributed by atoms with Crippen LogP contribution >= 0.6 is 0 Å². The lowest BCUT2D eigenvalue weighted by Crippen LogP contribution is -2.30. The van der Waals surface area contributed by atoms with Gasteiger partial charge in [-0.2, -0.15) is 0 Å². The van der Waals surface area contributed by atoms with Gasteiger partial charge in [0.2, 0.25) is 0 Å². The lowest BCUT2D eigenvalue weighted by atomic mass is 10.4. The van der Waals surface area contributed by atoms with Crippen LogP contribution in [0.2, 0.25) is 0 Å². The molecule has 0 aromatic carbocycles. The number of nitrogens with two attached hydrogens (primary N) is 1. The van der Waals surface area contributed by atoms with E-state index in [0.717, 1.165) is 25.4 Å². The maximum absolute atomic E-state index is 11.4. The summed E-state index contributed by atoms with van der Waals surface area (Å²) < 4.78 is 11.4. The normalized spacial score (nSPS) is 16.1. The average Bonchev–Trinajstić information content (AvgIpc) is 2.05. The van der Waals surface area contributed by atoms with Crippen LogP contribution in [0, 0.1) is 0 Å². The van der Waals surface area contributed by atoms with Gasteiger partial charge >= 0.3 is 0 Å². The van der Waals surface area contributed by atoms with Crippen molar-refractivity contribution in [3.8, 4) is 0 Å². The lowest BCUT2D eigenvalue weighted by molar-refractivity contribution is 0.323. The van der Waals surface area contributed by atoms with E-state index < -0.39 is 10.8 Å². The van der Waals surface area contributed by atoms with Crippen molar-refractivity contribution >= 4 is 10.8 Å². The second-order valence-corrected chi connectivity index (χ2v) is 4.94. The molecular weight excluding hydrogens is 184 g/mol. The summed E-state index contributed by atoms with van der Waals surface area (Å²) in [4.78, 5) is 2.28. The van der Waals surface area contributed by atoms with Gasteiger partial charge in [-0.15, -0.1) is 0 Å². The van der Waals surface area contributed by atoms with Gasteiger partial charge in [0.15, 0.2) is 0 Å². The fraction of sp³-hybridized carbons (Fsp3) is 1.00. The molecule has 0 spiro atoms. The van der Waals surface area contributed by atoms with E-state index >= 15 is 0 Å². The zero-order chi connectivity index (χ0) is 10.3. The van der Waals surface area contributed by atoms with Crippen molar-refractivity contribution in [1.82, 2.24) is 4.90 Å². The summed E-state index contributed by atoms with van der Waals surface area (Å²) in [6.07, 6.45) is 0. The molecule has 0 aliphatic carbocycles. The summed E-state index contributed by atoms with van der Waals surface area (Å²) in [5.41, 5.74) is 5.56. The molecule has 0 amide bonds. The topological polar surface area (TPSA) is 46.3 Å². The molecule has 0 heterocycles. The van der Waals surface area contributed by atoms with Crippen molar-refractivity contribution in [3.63, 3.8) is 0 Å². The SMILES string of the molecule is CCN(CC)CCS(=O)CC(C)N. The summed E-state index contributed by atoms with van der Waals surface area (Å²) >= 11 is 0. The van der Waals surface area contributed by atoms with Crippen molar-refractivity contribution in [3.05, 3.63) is 0 Å². The van der Waals surface area contributed by atoms with Gasteiger partial charge in [-0.3, -0.25) is 4.21 Å². The first kappa shape index (κ1) is 13.1. The quantitative estimate of drug-likeness (QED) is 0.657. The van der Waals surface area contributed by atoms with Gasteiger partial charge in [-0.25, -0.2) is 0 Å². The van der Waals surface area contributed by atoms with E-state index in [-0.39, 0.29) is 6.04 Å². The highest BCUT2D eigenvalue weighted by molar-refractivity contribution is 7.85. The van der Waals surface area contributed by atoms with E-state index in [0.29, 0.717) is 5.75 Å². The molecule has 3 nitrogen and oxygen atoms in total. The van der Waals surface area contributed by atoms with E-state index in [1.807, 2.05) is 6.92 Å². The maximum atomic E-state index is 11.4. The molecular formula is C9H22N2OS. The zero-order valence-corrected chi connectivity index (χ0v) is 9.77. The highest BCUT2D eigenvalue weighted by atomic mass is 32.2. The molecule has 0 aromatic rings. The number of rotatable bonds is 7. The highest BCUT2D eigenvalue weighted by Crippen LogP contribution is 1.91. The molecule has 0 aliphatic heterocycles. The average molecular weight is 206 g/mol. The molecule has 0 saturated heterocycles. The third-order valence-electron chi connectivity index (χ3n) is 1.98. The summed E-state index contributed by atoms with van der Waals surface area (Å²) in [7, 11) is -0.741. The van der Waals surface area contributed by atoms with Crippen LogP contribution in [-0.4, -0.2) is 46.3 Å². The Hall–Kier alpha value is 0.0700. The molecule has 2 unspecified atom stereocenters. The Kier molecular flexibility index (Phi) is 7.51. The first-order valence-electron chi connectivity index (χ1n) is 4.93. The van der Waals surface area contributed by atoms with Crippen LogP contribution in [0.25, 0.3) is 0 Å². The van der Waals surface area contributed by atoms with E-state index in [9.17, 15) is 4.21 Å². The monoisotopic (exact) mass is 206 g/mol. The van der Waals surface area contributed by atoms with Crippen LogP contribution in [0.5, 0.6) is 0 Å².